The molecule has 9 heteroatoms. The number of methoxy groups -OCH3 is 2. The summed E-state index contributed by atoms with van der Waals surface area (Å²) in [6.45, 7) is 0. The van der Waals surface area contributed by atoms with E-state index in [0.717, 1.165) is 5.56 Å². The van der Waals surface area contributed by atoms with E-state index >= 15 is 0 Å². The molecule has 3 aromatic rings. The number of hydrogen-bond acceptors (Lipinski definition) is 7. The normalized spacial score (nSPS) is 15.2. The molecule has 0 saturated carbocycles. The van der Waals surface area contributed by atoms with E-state index in [1.807, 2.05) is 24.3 Å². The Labute approximate surface area is 160 Å². The molecule has 1 atom stereocenters. The predicted molar refractivity (Wildman–Crippen MR) is 102 cm³/mol. The zero-order valence-corrected chi connectivity index (χ0v) is 15.2. The molecule has 2 aromatic carbocycles. The Kier molecular flexibility index (Phi) is 4.40. The highest BCUT2D eigenvalue weighted by molar-refractivity contribution is 5.78. The second kappa shape index (κ2) is 7.03. The Morgan fingerprint density at radius 3 is 2.75 bits per heavy atom. The SMILES string of the molecule is COc1cccc([C@H]2C=C(c3cccc([N+](=O)[O-])c3)Nc3ncnn32)c1OC. The number of aromatic nitrogens is 3. The fraction of sp³-hybridized carbons (Fsp3) is 0.158. The van der Waals surface area contributed by atoms with Crippen LogP contribution in [0.2, 0.25) is 0 Å². The van der Waals surface area contributed by atoms with Crippen LogP contribution in [-0.4, -0.2) is 33.9 Å². The molecule has 0 aliphatic carbocycles. The molecule has 0 spiro atoms. The highest BCUT2D eigenvalue weighted by atomic mass is 16.6. The Bertz CT molecular complexity index is 1080. The van der Waals surface area contributed by atoms with Gasteiger partial charge in [0.2, 0.25) is 5.95 Å². The maximum atomic E-state index is 11.1. The minimum atomic E-state index is -0.419. The van der Waals surface area contributed by atoms with Crippen molar-refractivity contribution in [2.24, 2.45) is 0 Å². The van der Waals surface area contributed by atoms with E-state index in [9.17, 15) is 10.1 Å². The Morgan fingerprint density at radius 2 is 2.00 bits per heavy atom. The van der Waals surface area contributed by atoms with Crippen LogP contribution < -0.4 is 14.8 Å². The molecule has 1 aromatic heterocycles. The van der Waals surface area contributed by atoms with E-state index in [1.54, 1.807) is 31.0 Å². The van der Waals surface area contributed by atoms with Crippen LogP contribution in [0.5, 0.6) is 11.5 Å². The van der Waals surface area contributed by atoms with Crippen molar-refractivity contribution in [3.8, 4) is 11.5 Å². The topological polar surface area (TPSA) is 104 Å². The molecule has 0 unspecified atom stereocenters. The lowest BCUT2D eigenvalue weighted by molar-refractivity contribution is -0.384. The molecular weight excluding hydrogens is 362 g/mol. The molecule has 4 rings (SSSR count). The number of nitro groups is 1. The number of fused-ring (bicyclic) bond motifs is 1. The first-order valence-electron chi connectivity index (χ1n) is 8.46. The van der Waals surface area contributed by atoms with Gasteiger partial charge in [0.15, 0.2) is 11.5 Å². The summed E-state index contributed by atoms with van der Waals surface area (Å²) in [6, 6.07) is 11.7. The van der Waals surface area contributed by atoms with Crippen LogP contribution in [0, 0.1) is 10.1 Å². The number of para-hydroxylation sites is 1. The van der Waals surface area contributed by atoms with Crippen molar-refractivity contribution in [2.45, 2.75) is 6.04 Å². The molecule has 0 bridgehead atoms. The minimum absolute atomic E-state index is 0.0164. The number of non-ortho nitro benzene ring substituents is 1. The van der Waals surface area contributed by atoms with Crippen LogP contribution in [0.4, 0.5) is 11.6 Å². The molecule has 1 aliphatic heterocycles. The molecule has 142 valence electrons. The van der Waals surface area contributed by atoms with E-state index < -0.39 is 4.92 Å². The summed E-state index contributed by atoms with van der Waals surface area (Å²) in [5.41, 5.74) is 2.22. The smallest absolute Gasteiger partial charge is 0.270 e. The molecule has 1 N–H and O–H groups in total. The molecule has 0 amide bonds. The number of rotatable bonds is 5. The summed E-state index contributed by atoms with van der Waals surface area (Å²) >= 11 is 0. The second-order valence-electron chi connectivity index (χ2n) is 6.07. The van der Waals surface area contributed by atoms with Crippen molar-refractivity contribution in [3.05, 3.63) is 76.1 Å². The molecule has 1 aliphatic rings. The van der Waals surface area contributed by atoms with Crippen molar-refractivity contribution in [1.29, 1.82) is 0 Å². The van der Waals surface area contributed by atoms with Crippen molar-refractivity contribution < 1.29 is 14.4 Å². The molecular formula is C19H17N5O4. The average Bonchev–Trinajstić information content (AvgIpc) is 3.21. The van der Waals surface area contributed by atoms with Crippen LogP contribution >= 0.6 is 0 Å². The first-order chi connectivity index (χ1) is 13.6. The van der Waals surface area contributed by atoms with Crippen LogP contribution in [0.3, 0.4) is 0 Å². The summed E-state index contributed by atoms with van der Waals surface area (Å²) in [4.78, 5) is 15.0. The van der Waals surface area contributed by atoms with E-state index in [-0.39, 0.29) is 11.7 Å². The average molecular weight is 379 g/mol. The third-order valence-electron chi connectivity index (χ3n) is 4.53. The van der Waals surface area contributed by atoms with Crippen molar-refractivity contribution in [3.63, 3.8) is 0 Å². The standard InChI is InChI=1S/C19H17N5O4/c1-27-17-8-4-7-14(18(17)28-2)16-10-15(22-19-20-11-21-23(16)19)12-5-3-6-13(9-12)24(25)26/h3-11,16H,1-2H3,(H,20,21,22)/t16-/m1/s1. The van der Waals surface area contributed by atoms with Gasteiger partial charge >= 0.3 is 0 Å². The van der Waals surface area contributed by atoms with Gasteiger partial charge in [0.05, 0.1) is 19.1 Å². The lowest BCUT2D eigenvalue weighted by Crippen LogP contribution is -2.20. The summed E-state index contributed by atoms with van der Waals surface area (Å²) in [7, 11) is 3.16. The molecule has 2 heterocycles. The Hall–Kier alpha value is -3.88. The number of hydrogen-bond donors (Lipinski definition) is 1. The first-order valence-corrected chi connectivity index (χ1v) is 8.46. The lowest BCUT2D eigenvalue weighted by atomic mass is 10.00. The van der Waals surface area contributed by atoms with Gasteiger partial charge in [-0.2, -0.15) is 10.1 Å². The van der Waals surface area contributed by atoms with Crippen molar-refractivity contribution in [1.82, 2.24) is 14.8 Å². The van der Waals surface area contributed by atoms with Crippen LogP contribution in [0.15, 0.2) is 54.9 Å². The van der Waals surface area contributed by atoms with Gasteiger partial charge in [0.25, 0.3) is 5.69 Å². The molecule has 0 saturated heterocycles. The van der Waals surface area contributed by atoms with Gasteiger partial charge in [-0.15, -0.1) is 0 Å². The van der Waals surface area contributed by atoms with Crippen molar-refractivity contribution >= 4 is 17.3 Å². The van der Waals surface area contributed by atoms with Crippen LogP contribution in [0.1, 0.15) is 17.2 Å². The molecule has 0 radical (unpaired) electrons. The summed E-state index contributed by atoms with van der Waals surface area (Å²) in [6.07, 6.45) is 3.38. The van der Waals surface area contributed by atoms with E-state index in [0.29, 0.717) is 28.7 Å². The largest absolute Gasteiger partial charge is 0.493 e. The van der Waals surface area contributed by atoms with Gasteiger partial charge in [0, 0.05) is 29.0 Å². The zero-order valence-electron chi connectivity index (χ0n) is 15.2. The quantitative estimate of drug-likeness (QED) is 0.536. The third kappa shape index (κ3) is 2.92. The van der Waals surface area contributed by atoms with Gasteiger partial charge in [-0.3, -0.25) is 10.1 Å². The maximum Gasteiger partial charge on any atom is 0.270 e. The zero-order chi connectivity index (χ0) is 19.7. The summed E-state index contributed by atoms with van der Waals surface area (Å²) < 4.78 is 12.7. The highest BCUT2D eigenvalue weighted by Gasteiger charge is 2.27. The molecule has 0 fully saturated rings. The summed E-state index contributed by atoms with van der Waals surface area (Å²) in [5, 5.41) is 18.6. The number of anilines is 1. The van der Waals surface area contributed by atoms with Gasteiger partial charge in [-0.25, -0.2) is 4.68 Å². The van der Waals surface area contributed by atoms with E-state index in [1.165, 1.54) is 18.5 Å². The second-order valence-corrected chi connectivity index (χ2v) is 6.07. The highest BCUT2D eigenvalue weighted by Crippen LogP contribution is 2.40. The van der Waals surface area contributed by atoms with E-state index in [4.69, 9.17) is 9.47 Å². The first kappa shape index (κ1) is 17.5. The van der Waals surface area contributed by atoms with Gasteiger partial charge in [-0.05, 0) is 12.1 Å². The third-order valence-corrected chi connectivity index (χ3v) is 4.53. The van der Waals surface area contributed by atoms with E-state index in [2.05, 4.69) is 15.4 Å². The monoisotopic (exact) mass is 379 g/mol. The van der Waals surface area contributed by atoms with Gasteiger partial charge in [-0.1, -0.05) is 24.3 Å². The fourth-order valence-corrected chi connectivity index (χ4v) is 3.26. The minimum Gasteiger partial charge on any atom is -0.493 e. The van der Waals surface area contributed by atoms with Crippen molar-refractivity contribution in [2.75, 3.05) is 19.5 Å². The fourth-order valence-electron chi connectivity index (χ4n) is 3.26. The van der Waals surface area contributed by atoms with Crippen LogP contribution in [-0.2, 0) is 0 Å². The number of allylic oxidation sites excluding steroid dienone is 1. The molecule has 28 heavy (non-hydrogen) atoms. The number of nitrogens with zero attached hydrogens (tertiary/aromatic N) is 4. The maximum absolute atomic E-state index is 11.1. The van der Waals surface area contributed by atoms with Gasteiger partial charge < -0.3 is 14.8 Å². The molecule has 9 nitrogen and oxygen atoms in total. The van der Waals surface area contributed by atoms with Gasteiger partial charge in [0.1, 0.15) is 12.4 Å². The number of ether oxygens (including phenoxy) is 2. The van der Waals surface area contributed by atoms with Crippen LogP contribution in [0.25, 0.3) is 5.70 Å². The predicted octanol–water partition coefficient (Wildman–Crippen LogP) is 3.26. The Morgan fingerprint density at radius 1 is 1.18 bits per heavy atom. The number of nitrogens with one attached hydrogen (secondary N) is 1. The summed E-state index contributed by atoms with van der Waals surface area (Å²) in [5.74, 6) is 1.72. The lowest BCUT2D eigenvalue weighted by Gasteiger charge is -2.26. The Balaban J connectivity index is 1.86. The number of benzene rings is 2. The number of nitro benzene ring substituents is 1.